The van der Waals surface area contributed by atoms with Crippen molar-refractivity contribution < 1.29 is 18.3 Å². The Kier molecular flexibility index (Phi) is 6.46. The molecule has 1 heterocycles. The Hall–Kier alpha value is -3.00. The maximum atomic E-state index is 12.9. The number of hydrogen-bond acceptors (Lipinski definition) is 5. The number of fused-ring (bicyclic) bond motifs is 1. The van der Waals surface area contributed by atoms with Gasteiger partial charge in [0, 0.05) is 0 Å². The number of sulfone groups is 1. The summed E-state index contributed by atoms with van der Waals surface area (Å²) < 4.78 is 33.2. The van der Waals surface area contributed by atoms with E-state index in [1.807, 2.05) is 54.6 Å². The fraction of sp³-hybridized carbons (Fsp3) is 0.208. The number of ether oxygens (including phenoxy) is 1. The van der Waals surface area contributed by atoms with Gasteiger partial charge in [-0.2, -0.15) is 0 Å². The second-order valence-corrected chi connectivity index (χ2v) is 9.34. The van der Waals surface area contributed by atoms with Gasteiger partial charge >= 0.3 is 0 Å². The molecule has 1 N–H and O–H groups in total. The highest BCUT2D eigenvalue weighted by Crippen LogP contribution is 2.21. The molecule has 4 rings (SSSR count). The highest BCUT2D eigenvalue weighted by molar-refractivity contribution is 7.90. The highest BCUT2D eigenvalue weighted by atomic mass is 32.2. The Labute approximate surface area is 181 Å². The number of para-hydroxylation sites is 2. The van der Waals surface area contributed by atoms with Gasteiger partial charge in [-0.25, -0.2) is 13.4 Å². The molecule has 1 unspecified atom stereocenters. The summed E-state index contributed by atoms with van der Waals surface area (Å²) >= 11 is 0. The third-order valence-corrected chi connectivity index (χ3v) is 6.60. The van der Waals surface area contributed by atoms with E-state index in [9.17, 15) is 13.5 Å². The van der Waals surface area contributed by atoms with Crippen molar-refractivity contribution in [2.75, 3.05) is 6.61 Å². The Morgan fingerprint density at radius 1 is 0.903 bits per heavy atom. The summed E-state index contributed by atoms with van der Waals surface area (Å²) in [4.78, 5) is 4.79. The number of aliphatic hydroxyl groups is 1. The predicted molar refractivity (Wildman–Crippen MR) is 119 cm³/mol. The van der Waals surface area contributed by atoms with Crippen molar-refractivity contribution in [2.24, 2.45) is 0 Å². The molecule has 0 aliphatic carbocycles. The zero-order valence-electron chi connectivity index (χ0n) is 17.0. The molecule has 3 aromatic carbocycles. The van der Waals surface area contributed by atoms with E-state index in [4.69, 9.17) is 4.74 Å². The molecular weight excluding hydrogens is 412 g/mol. The van der Waals surface area contributed by atoms with Gasteiger partial charge in [-0.1, -0.05) is 60.7 Å². The van der Waals surface area contributed by atoms with Gasteiger partial charge in [-0.3, -0.25) is 0 Å². The average Bonchev–Trinajstić information content (AvgIpc) is 3.11. The first-order chi connectivity index (χ1) is 15.0. The number of aromatic nitrogens is 2. The molecule has 0 aliphatic rings. The fourth-order valence-corrected chi connectivity index (χ4v) is 4.77. The quantitative estimate of drug-likeness (QED) is 0.434. The number of rotatable bonds is 9. The topological polar surface area (TPSA) is 81.4 Å². The summed E-state index contributed by atoms with van der Waals surface area (Å²) in [6.07, 6.45) is -0.806. The van der Waals surface area contributed by atoms with Gasteiger partial charge in [0.05, 0.1) is 41.8 Å². The van der Waals surface area contributed by atoms with E-state index >= 15 is 0 Å². The Morgan fingerprint density at radius 3 is 2.29 bits per heavy atom. The van der Waals surface area contributed by atoms with Gasteiger partial charge in [0.25, 0.3) is 0 Å². The molecule has 0 saturated heterocycles. The van der Waals surface area contributed by atoms with Crippen LogP contribution in [-0.4, -0.2) is 35.8 Å². The third-order valence-electron chi connectivity index (χ3n) is 4.97. The van der Waals surface area contributed by atoms with Crippen molar-refractivity contribution in [3.8, 4) is 0 Å². The number of imidazole rings is 1. The number of aliphatic hydroxyl groups excluding tert-OH is 1. The number of hydrogen-bond donors (Lipinski definition) is 1. The number of benzene rings is 3. The van der Waals surface area contributed by atoms with Crippen LogP contribution in [0.15, 0.2) is 89.8 Å². The van der Waals surface area contributed by atoms with Crippen LogP contribution < -0.4 is 0 Å². The molecule has 4 aromatic rings. The van der Waals surface area contributed by atoms with Crippen molar-refractivity contribution >= 4 is 20.9 Å². The standard InChI is InChI=1S/C24H24N2O4S/c27-20(17-30-16-19-9-3-1-4-10-19)15-26-23-14-8-7-13-22(23)25-24(26)18-31(28,29)21-11-5-2-6-12-21/h1-14,20,27H,15-18H2. The Morgan fingerprint density at radius 2 is 1.55 bits per heavy atom. The molecule has 0 saturated carbocycles. The zero-order valence-corrected chi connectivity index (χ0v) is 17.8. The van der Waals surface area contributed by atoms with E-state index in [0.717, 1.165) is 11.1 Å². The van der Waals surface area contributed by atoms with E-state index in [1.54, 1.807) is 34.9 Å². The summed E-state index contributed by atoms with van der Waals surface area (Å²) in [6.45, 7) is 0.721. The minimum Gasteiger partial charge on any atom is -0.389 e. The molecule has 31 heavy (non-hydrogen) atoms. The predicted octanol–water partition coefficient (Wildman–Crippen LogP) is 3.59. The maximum absolute atomic E-state index is 12.9. The van der Waals surface area contributed by atoms with Gasteiger partial charge in [0.2, 0.25) is 0 Å². The number of nitrogens with zero attached hydrogens (tertiary/aromatic N) is 2. The summed E-state index contributed by atoms with van der Waals surface area (Å²) in [6, 6.07) is 25.5. The van der Waals surface area contributed by atoms with E-state index in [2.05, 4.69) is 4.98 Å². The van der Waals surface area contributed by atoms with Gasteiger partial charge < -0.3 is 14.4 Å². The van der Waals surface area contributed by atoms with E-state index in [-0.39, 0.29) is 23.8 Å². The Bertz CT molecular complexity index is 1240. The van der Waals surface area contributed by atoms with E-state index in [1.165, 1.54) is 0 Å². The van der Waals surface area contributed by atoms with Crippen molar-refractivity contribution in [3.63, 3.8) is 0 Å². The largest absolute Gasteiger partial charge is 0.389 e. The molecule has 160 valence electrons. The lowest BCUT2D eigenvalue weighted by molar-refractivity contribution is 0.0206. The molecule has 0 amide bonds. The van der Waals surface area contributed by atoms with Gasteiger partial charge in [0.15, 0.2) is 9.84 Å². The molecule has 0 bridgehead atoms. The smallest absolute Gasteiger partial charge is 0.185 e. The van der Waals surface area contributed by atoms with Gasteiger partial charge in [-0.15, -0.1) is 0 Å². The second kappa shape index (κ2) is 9.43. The monoisotopic (exact) mass is 436 g/mol. The molecule has 7 heteroatoms. The molecule has 0 spiro atoms. The molecular formula is C24H24N2O4S. The first-order valence-electron chi connectivity index (χ1n) is 10.0. The maximum Gasteiger partial charge on any atom is 0.185 e. The highest BCUT2D eigenvalue weighted by Gasteiger charge is 2.21. The first-order valence-corrected chi connectivity index (χ1v) is 11.7. The van der Waals surface area contributed by atoms with Crippen molar-refractivity contribution in [1.82, 2.24) is 9.55 Å². The van der Waals surface area contributed by atoms with E-state index in [0.29, 0.717) is 17.9 Å². The lowest BCUT2D eigenvalue weighted by atomic mass is 10.2. The molecule has 1 aromatic heterocycles. The Balaban J connectivity index is 1.52. The van der Waals surface area contributed by atoms with Crippen molar-refractivity contribution in [3.05, 3.63) is 96.3 Å². The van der Waals surface area contributed by atoms with Crippen LogP contribution in [0.4, 0.5) is 0 Å². The molecule has 0 aliphatic heterocycles. The zero-order chi connectivity index (χ0) is 21.7. The van der Waals surface area contributed by atoms with Crippen molar-refractivity contribution in [2.45, 2.75) is 29.9 Å². The van der Waals surface area contributed by atoms with Crippen LogP contribution in [0.3, 0.4) is 0 Å². The summed E-state index contributed by atoms with van der Waals surface area (Å²) in [5.41, 5.74) is 2.50. The SMILES string of the molecule is O=S(=O)(Cc1nc2ccccc2n1CC(O)COCc1ccccc1)c1ccccc1. The van der Waals surface area contributed by atoms with Crippen molar-refractivity contribution in [1.29, 1.82) is 0 Å². The summed E-state index contributed by atoms with van der Waals surface area (Å²) in [5, 5.41) is 10.6. The summed E-state index contributed by atoms with van der Waals surface area (Å²) in [5.74, 6) is 0.149. The average molecular weight is 437 g/mol. The van der Waals surface area contributed by atoms with Crippen LogP contribution in [0.1, 0.15) is 11.4 Å². The minimum absolute atomic E-state index is 0.131. The minimum atomic E-state index is -3.57. The van der Waals surface area contributed by atoms with Crippen LogP contribution in [0.25, 0.3) is 11.0 Å². The van der Waals surface area contributed by atoms with Crippen LogP contribution >= 0.6 is 0 Å². The molecule has 0 fully saturated rings. The van der Waals surface area contributed by atoms with Crippen LogP contribution in [-0.2, 0) is 33.5 Å². The van der Waals surface area contributed by atoms with Crippen LogP contribution in [0, 0.1) is 0 Å². The van der Waals surface area contributed by atoms with E-state index < -0.39 is 15.9 Å². The third kappa shape index (κ3) is 5.19. The molecule has 6 nitrogen and oxygen atoms in total. The molecule has 0 radical (unpaired) electrons. The lowest BCUT2D eigenvalue weighted by Crippen LogP contribution is -2.24. The van der Waals surface area contributed by atoms with Gasteiger partial charge in [-0.05, 0) is 29.8 Å². The normalized spacial score (nSPS) is 12.8. The summed E-state index contributed by atoms with van der Waals surface area (Å²) in [7, 11) is -3.57. The van der Waals surface area contributed by atoms with Crippen LogP contribution in [0.5, 0.6) is 0 Å². The first kappa shape index (κ1) is 21.2. The van der Waals surface area contributed by atoms with Crippen LogP contribution in [0.2, 0.25) is 0 Å². The fourth-order valence-electron chi connectivity index (χ4n) is 3.47. The lowest BCUT2D eigenvalue weighted by Gasteiger charge is -2.15. The van der Waals surface area contributed by atoms with Gasteiger partial charge in [0.1, 0.15) is 11.6 Å². The molecule has 1 atom stereocenters. The second-order valence-electron chi connectivity index (χ2n) is 7.35.